The summed E-state index contributed by atoms with van der Waals surface area (Å²) in [4.78, 5) is 5.32. The Morgan fingerprint density at radius 1 is 0.411 bits per heavy atom. The first-order valence-electron chi connectivity index (χ1n) is 27.5. The smallest absolute Gasteiger partial charge is 0.297 e. The van der Waals surface area contributed by atoms with E-state index in [1.54, 1.807) is 0 Å². The van der Waals surface area contributed by atoms with Crippen molar-refractivity contribution in [3.05, 3.63) is 172 Å². The second kappa shape index (κ2) is 15.4. The highest BCUT2D eigenvalue weighted by Crippen LogP contribution is 2.56. The molecule has 0 fully saturated rings. The van der Waals surface area contributed by atoms with Crippen molar-refractivity contribution < 1.29 is 4.42 Å². The highest BCUT2D eigenvalue weighted by molar-refractivity contribution is 7.00. The van der Waals surface area contributed by atoms with Crippen LogP contribution >= 0.6 is 0 Å². The number of hydrogen-bond acceptors (Lipinski definition) is 3. The van der Waals surface area contributed by atoms with Crippen molar-refractivity contribution in [2.45, 2.75) is 161 Å². The van der Waals surface area contributed by atoms with E-state index in [0.717, 1.165) is 55.5 Å². The standard InChI is InChI=1S/C69H73BN2O/c1-42-34-58-61-59(35-42)72(56-39-52-49(64(2,3)28-31-67(52,8)9)36-47(56)45-22-18-15-19-23-45)57-40-53-51(66(6,7)30-32-68(53,10)11)38-55(57)70(61)63-62(71(58)46-26-24-44(25-27-46)43-20-16-14-17-21-43)48-37-50-54(41-60(48)73-63)69(12,13)33-29-65(50,4)5/h14-27,34-41H,28-33H2,1-13H3. The fraction of sp³-hybridized carbons (Fsp3) is 0.362. The predicted octanol–water partition coefficient (Wildman–Crippen LogP) is 17.2. The second-order valence-corrected chi connectivity index (χ2v) is 27.0. The molecule has 0 unspecified atom stereocenters. The lowest BCUT2D eigenvalue weighted by Crippen LogP contribution is -2.61. The van der Waals surface area contributed by atoms with E-state index in [9.17, 15) is 0 Å². The fourth-order valence-electron chi connectivity index (χ4n) is 14.3. The van der Waals surface area contributed by atoms with Crippen molar-refractivity contribution in [3.8, 4) is 22.3 Å². The zero-order valence-corrected chi connectivity index (χ0v) is 45.8. The minimum atomic E-state index is -0.142. The lowest BCUT2D eigenvalue weighted by Gasteiger charge is -2.47. The molecule has 73 heavy (non-hydrogen) atoms. The van der Waals surface area contributed by atoms with Crippen LogP contribution in [0.2, 0.25) is 0 Å². The average Bonchev–Trinajstić information content (AvgIpc) is 3.74. The van der Waals surface area contributed by atoms with Crippen LogP contribution in [0.3, 0.4) is 0 Å². The molecule has 0 amide bonds. The molecule has 7 aromatic carbocycles. The molecule has 0 saturated heterocycles. The number of fused-ring (bicyclic) bond motifs is 9. The number of nitrogens with zero attached hydrogens (tertiary/aromatic N) is 2. The summed E-state index contributed by atoms with van der Waals surface area (Å²) in [7, 11) is 0. The van der Waals surface area contributed by atoms with Crippen LogP contribution in [0.5, 0.6) is 0 Å². The van der Waals surface area contributed by atoms with Crippen molar-refractivity contribution >= 4 is 68.4 Å². The molecular weight excluding hydrogens is 884 g/mol. The van der Waals surface area contributed by atoms with Crippen molar-refractivity contribution in [2.24, 2.45) is 0 Å². The number of hydrogen-bond donors (Lipinski definition) is 0. The van der Waals surface area contributed by atoms with E-state index in [4.69, 9.17) is 4.42 Å². The molecule has 3 nitrogen and oxygen atoms in total. The summed E-state index contributed by atoms with van der Waals surface area (Å²) in [5, 5.41) is 1.20. The van der Waals surface area contributed by atoms with Gasteiger partial charge >= 0.3 is 0 Å². The summed E-state index contributed by atoms with van der Waals surface area (Å²) in [6, 6.07) is 51.9. The Labute approximate surface area is 436 Å². The molecule has 3 heterocycles. The first-order chi connectivity index (χ1) is 34.5. The maximum absolute atomic E-state index is 7.73. The molecule has 4 heteroatoms. The van der Waals surface area contributed by atoms with Crippen molar-refractivity contribution in [2.75, 3.05) is 9.80 Å². The molecule has 2 aliphatic heterocycles. The molecule has 0 atom stereocenters. The van der Waals surface area contributed by atoms with E-state index in [1.165, 1.54) is 106 Å². The van der Waals surface area contributed by atoms with E-state index in [-0.39, 0.29) is 39.2 Å². The maximum Gasteiger partial charge on any atom is 0.297 e. The Hall–Kier alpha value is -6.26. The van der Waals surface area contributed by atoms with Crippen molar-refractivity contribution in [1.29, 1.82) is 0 Å². The molecule has 0 radical (unpaired) electrons. The zero-order valence-electron chi connectivity index (χ0n) is 45.8. The van der Waals surface area contributed by atoms with Crippen LogP contribution in [0.1, 0.15) is 161 Å². The van der Waals surface area contributed by atoms with Crippen LogP contribution in [0.15, 0.2) is 138 Å². The number of benzene rings is 7. The summed E-state index contributed by atoms with van der Waals surface area (Å²) in [5.41, 5.74) is 27.1. The third-order valence-corrected chi connectivity index (χ3v) is 19.3. The highest BCUT2D eigenvalue weighted by atomic mass is 16.3. The molecule has 368 valence electrons. The van der Waals surface area contributed by atoms with Gasteiger partial charge in [0.25, 0.3) is 6.71 Å². The Morgan fingerprint density at radius 2 is 0.849 bits per heavy atom. The van der Waals surface area contributed by atoms with Crippen LogP contribution < -0.4 is 26.4 Å². The Morgan fingerprint density at radius 3 is 1.40 bits per heavy atom. The minimum absolute atomic E-state index is 0.00580. The molecule has 0 saturated carbocycles. The summed E-state index contributed by atoms with van der Waals surface area (Å²) >= 11 is 0. The van der Waals surface area contributed by atoms with Gasteiger partial charge in [-0.1, -0.05) is 162 Å². The summed E-state index contributed by atoms with van der Waals surface area (Å²) < 4.78 is 7.73. The van der Waals surface area contributed by atoms with E-state index < -0.39 is 0 Å². The number of furan rings is 1. The van der Waals surface area contributed by atoms with Gasteiger partial charge in [0.2, 0.25) is 0 Å². The lowest BCUT2D eigenvalue weighted by molar-refractivity contribution is 0.332. The van der Waals surface area contributed by atoms with Crippen molar-refractivity contribution in [3.63, 3.8) is 0 Å². The lowest BCUT2D eigenvalue weighted by atomic mass is 9.35. The van der Waals surface area contributed by atoms with E-state index in [0.29, 0.717) is 0 Å². The summed E-state index contributed by atoms with van der Waals surface area (Å²) in [6.45, 7) is 31.8. The molecule has 1 aromatic heterocycles. The van der Waals surface area contributed by atoms with E-state index >= 15 is 0 Å². The molecule has 13 rings (SSSR count). The number of aryl methyl sites for hydroxylation is 1. The third-order valence-electron chi connectivity index (χ3n) is 19.3. The van der Waals surface area contributed by atoms with Gasteiger partial charge in [0.05, 0.1) is 17.0 Å². The van der Waals surface area contributed by atoms with Crippen LogP contribution in [0.4, 0.5) is 34.1 Å². The molecule has 0 N–H and O–H groups in total. The molecule has 5 aliphatic rings. The van der Waals surface area contributed by atoms with Gasteiger partial charge in [0, 0.05) is 33.7 Å². The Kier molecular flexibility index (Phi) is 9.82. The first kappa shape index (κ1) is 46.5. The van der Waals surface area contributed by atoms with Gasteiger partial charge in [0.15, 0.2) is 0 Å². The van der Waals surface area contributed by atoms with Crippen molar-refractivity contribution in [1.82, 2.24) is 0 Å². The largest absolute Gasteiger partial charge is 0.468 e. The van der Waals surface area contributed by atoms with Gasteiger partial charge in [-0.25, -0.2) is 0 Å². The molecule has 0 bridgehead atoms. The van der Waals surface area contributed by atoms with Gasteiger partial charge in [-0.2, -0.15) is 0 Å². The SMILES string of the molecule is Cc1cc2c3c(c1)N(c1ccc(-c4ccccc4)cc1)c1c(oc4cc5c(cc14)C(C)(C)CCC5(C)C)B3c1cc3c(cc1N2c1cc2c(cc1-c1ccccc1)C(C)(C)CCC2(C)C)C(C)(C)CCC3(C)C. The monoisotopic (exact) mass is 957 g/mol. The Balaban J connectivity index is 1.17. The van der Waals surface area contributed by atoms with Gasteiger partial charge in [-0.05, 0) is 199 Å². The highest BCUT2D eigenvalue weighted by Gasteiger charge is 2.50. The molecule has 3 aliphatic carbocycles. The maximum atomic E-state index is 7.73. The van der Waals surface area contributed by atoms with E-state index in [1.807, 2.05) is 0 Å². The van der Waals surface area contributed by atoms with E-state index in [2.05, 4.69) is 233 Å². The average molecular weight is 957 g/mol. The minimum Gasteiger partial charge on any atom is -0.468 e. The summed E-state index contributed by atoms with van der Waals surface area (Å²) in [6.07, 6.45) is 6.91. The molecular formula is C69H73BN2O. The topological polar surface area (TPSA) is 19.6 Å². The van der Waals surface area contributed by atoms with Gasteiger partial charge < -0.3 is 14.2 Å². The van der Waals surface area contributed by atoms with Crippen LogP contribution in [-0.2, 0) is 32.5 Å². The Bertz CT molecular complexity index is 3590. The molecule has 8 aromatic rings. The first-order valence-corrected chi connectivity index (χ1v) is 27.5. The quantitative estimate of drug-likeness (QED) is 0.164. The van der Waals surface area contributed by atoms with Crippen LogP contribution in [0.25, 0.3) is 33.2 Å². The fourth-order valence-corrected chi connectivity index (χ4v) is 14.3. The predicted molar refractivity (Wildman–Crippen MR) is 312 cm³/mol. The van der Waals surface area contributed by atoms with Crippen LogP contribution in [-0.4, -0.2) is 6.71 Å². The van der Waals surface area contributed by atoms with Gasteiger partial charge in [0.1, 0.15) is 5.58 Å². The number of rotatable bonds is 4. The molecule has 0 spiro atoms. The summed E-state index contributed by atoms with van der Waals surface area (Å²) in [5.74, 6) is 0. The van der Waals surface area contributed by atoms with Crippen LogP contribution in [0, 0.1) is 6.92 Å². The normalized spacial score (nSPS) is 19.8. The number of anilines is 6. The van der Waals surface area contributed by atoms with Gasteiger partial charge in [-0.15, -0.1) is 0 Å². The van der Waals surface area contributed by atoms with Gasteiger partial charge in [-0.3, -0.25) is 0 Å². The third kappa shape index (κ3) is 6.90. The second-order valence-electron chi connectivity index (χ2n) is 27.0. The zero-order chi connectivity index (χ0) is 50.9.